The van der Waals surface area contributed by atoms with Gasteiger partial charge in [0.05, 0.1) is 18.8 Å². The number of ether oxygens (including phenoxy) is 1. The first-order valence-corrected chi connectivity index (χ1v) is 9.35. The summed E-state index contributed by atoms with van der Waals surface area (Å²) in [6, 6.07) is 15.5. The summed E-state index contributed by atoms with van der Waals surface area (Å²) in [7, 11) is 1.64. The Morgan fingerprint density at radius 2 is 1.96 bits per heavy atom. The molecule has 5 nitrogen and oxygen atoms in total. The SMILES string of the molecule is COc1ccccc1Cc1nnc(S[C@H]2CCc3ccccc3C2=O)o1. The summed E-state index contributed by atoms with van der Waals surface area (Å²) in [5, 5.41) is 8.48. The van der Waals surface area contributed by atoms with Crippen molar-refractivity contribution in [2.24, 2.45) is 0 Å². The number of nitrogens with zero attached hydrogens (tertiary/aromatic N) is 2. The Kier molecular flexibility index (Phi) is 4.75. The van der Waals surface area contributed by atoms with Gasteiger partial charge in [-0.2, -0.15) is 0 Å². The highest BCUT2D eigenvalue weighted by atomic mass is 32.2. The number of hydrogen-bond acceptors (Lipinski definition) is 6. The number of para-hydroxylation sites is 1. The van der Waals surface area contributed by atoms with E-state index in [0.29, 0.717) is 17.5 Å². The Balaban J connectivity index is 1.47. The number of carbonyl (C=O) groups excluding carboxylic acids is 1. The lowest BCUT2D eigenvalue weighted by Crippen LogP contribution is -2.24. The lowest BCUT2D eigenvalue weighted by atomic mass is 9.90. The first kappa shape index (κ1) is 16.8. The average Bonchev–Trinajstić information content (AvgIpc) is 3.12. The predicted molar refractivity (Wildman–Crippen MR) is 98.8 cm³/mol. The molecular weight excluding hydrogens is 348 g/mol. The lowest BCUT2D eigenvalue weighted by molar-refractivity contribution is 0.0979. The molecule has 0 amide bonds. The first-order valence-electron chi connectivity index (χ1n) is 8.47. The van der Waals surface area contributed by atoms with Crippen LogP contribution in [0.1, 0.15) is 33.8 Å². The lowest BCUT2D eigenvalue weighted by Gasteiger charge is -2.21. The van der Waals surface area contributed by atoms with Crippen molar-refractivity contribution >= 4 is 17.5 Å². The van der Waals surface area contributed by atoms with Crippen molar-refractivity contribution in [2.75, 3.05) is 7.11 Å². The zero-order chi connectivity index (χ0) is 17.9. The van der Waals surface area contributed by atoms with Crippen molar-refractivity contribution in [3.63, 3.8) is 0 Å². The smallest absolute Gasteiger partial charge is 0.277 e. The highest BCUT2D eigenvalue weighted by Crippen LogP contribution is 2.33. The van der Waals surface area contributed by atoms with Crippen molar-refractivity contribution in [1.82, 2.24) is 10.2 Å². The van der Waals surface area contributed by atoms with Crippen LogP contribution >= 0.6 is 11.8 Å². The molecule has 1 aromatic heterocycles. The second-order valence-electron chi connectivity index (χ2n) is 6.12. The van der Waals surface area contributed by atoms with Gasteiger partial charge in [-0.05, 0) is 24.5 Å². The van der Waals surface area contributed by atoms with Gasteiger partial charge >= 0.3 is 0 Å². The molecule has 0 saturated heterocycles. The number of thioether (sulfide) groups is 1. The number of Topliss-reactive ketones (excluding diaryl/α,β-unsaturated/α-hetero) is 1. The molecule has 1 aliphatic carbocycles. The Bertz CT molecular complexity index is 938. The Labute approximate surface area is 155 Å². The molecule has 1 atom stereocenters. The van der Waals surface area contributed by atoms with E-state index in [-0.39, 0.29) is 11.0 Å². The predicted octanol–water partition coefficient (Wildman–Crippen LogP) is 3.96. The fourth-order valence-corrected chi connectivity index (χ4v) is 4.12. The van der Waals surface area contributed by atoms with E-state index in [1.807, 2.05) is 48.5 Å². The molecule has 4 rings (SSSR count). The standard InChI is InChI=1S/C20H18N2O3S/c1-24-16-9-5-3-7-14(16)12-18-21-22-20(25-18)26-17-11-10-13-6-2-4-8-15(13)19(17)23/h2-9,17H,10-12H2,1H3/t17-/m0/s1. The van der Waals surface area contributed by atoms with Crippen molar-refractivity contribution < 1.29 is 13.9 Å². The number of aryl methyl sites for hydroxylation is 1. The average molecular weight is 366 g/mol. The van der Waals surface area contributed by atoms with Gasteiger partial charge in [-0.15, -0.1) is 10.2 Å². The van der Waals surface area contributed by atoms with Crippen molar-refractivity contribution in [3.8, 4) is 5.75 Å². The van der Waals surface area contributed by atoms with E-state index in [4.69, 9.17) is 9.15 Å². The summed E-state index contributed by atoms with van der Waals surface area (Å²) in [5.74, 6) is 1.45. The number of hydrogen-bond donors (Lipinski definition) is 0. The molecule has 132 valence electrons. The van der Waals surface area contributed by atoms with Gasteiger partial charge in [0.2, 0.25) is 5.89 Å². The summed E-state index contributed by atoms with van der Waals surface area (Å²) < 4.78 is 11.1. The van der Waals surface area contributed by atoms with E-state index >= 15 is 0 Å². The van der Waals surface area contributed by atoms with Crippen LogP contribution in [-0.4, -0.2) is 28.3 Å². The summed E-state index contributed by atoms with van der Waals surface area (Å²) in [6.45, 7) is 0. The van der Waals surface area contributed by atoms with Gasteiger partial charge < -0.3 is 9.15 Å². The maximum atomic E-state index is 12.7. The van der Waals surface area contributed by atoms with Crippen LogP contribution in [-0.2, 0) is 12.8 Å². The zero-order valence-corrected chi connectivity index (χ0v) is 15.2. The van der Waals surface area contributed by atoms with E-state index < -0.39 is 0 Å². The third-order valence-corrected chi connectivity index (χ3v) is 5.58. The van der Waals surface area contributed by atoms with Crippen molar-refractivity contribution in [3.05, 3.63) is 71.1 Å². The molecule has 0 N–H and O–H groups in total. The molecule has 0 spiro atoms. The molecule has 6 heteroatoms. The van der Waals surface area contributed by atoms with Crippen molar-refractivity contribution in [1.29, 1.82) is 0 Å². The number of benzene rings is 2. The molecule has 0 saturated carbocycles. The minimum atomic E-state index is -0.176. The molecule has 1 heterocycles. The van der Waals surface area contributed by atoms with E-state index in [0.717, 1.165) is 35.3 Å². The molecule has 0 aliphatic heterocycles. The fourth-order valence-electron chi connectivity index (χ4n) is 3.17. The molecule has 26 heavy (non-hydrogen) atoms. The highest BCUT2D eigenvalue weighted by Gasteiger charge is 2.29. The molecular formula is C20H18N2O3S. The molecule has 2 aromatic carbocycles. The minimum Gasteiger partial charge on any atom is -0.496 e. The Hall–Kier alpha value is -2.60. The number of rotatable bonds is 5. The molecule has 0 unspecified atom stereocenters. The van der Waals surface area contributed by atoms with Gasteiger partial charge in [0.1, 0.15) is 5.75 Å². The highest BCUT2D eigenvalue weighted by molar-refractivity contribution is 8.00. The number of aromatic nitrogens is 2. The monoisotopic (exact) mass is 366 g/mol. The van der Waals surface area contributed by atoms with Crippen LogP contribution in [0, 0.1) is 0 Å². The molecule has 1 aliphatic rings. The van der Waals surface area contributed by atoms with Gasteiger partial charge in [0.25, 0.3) is 5.22 Å². The van der Waals surface area contributed by atoms with E-state index in [2.05, 4.69) is 10.2 Å². The summed E-state index contributed by atoms with van der Waals surface area (Å²) in [5.41, 5.74) is 2.92. The van der Waals surface area contributed by atoms with Crippen LogP contribution in [0.2, 0.25) is 0 Å². The maximum absolute atomic E-state index is 12.7. The first-order chi connectivity index (χ1) is 12.7. The fraction of sp³-hybridized carbons (Fsp3) is 0.250. The number of fused-ring (bicyclic) bond motifs is 1. The van der Waals surface area contributed by atoms with Gasteiger partial charge in [0.15, 0.2) is 5.78 Å². The third kappa shape index (κ3) is 3.37. The van der Waals surface area contributed by atoms with Gasteiger partial charge in [0, 0.05) is 11.1 Å². The quantitative estimate of drug-likeness (QED) is 0.681. The summed E-state index contributed by atoms with van der Waals surface area (Å²) in [4.78, 5) is 12.7. The van der Waals surface area contributed by atoms with Gasteiger partial charge in [-0.1, -0.05) is 54.2 Å². The second kappa shape index (κ2) is 7.33. The van der Waals surface area contributed by atoms with Crippen LogP contribution in [0.4, 0.5) is 0 Å². The van der Waals surface area contributed by atoms with Crippen LogP contribution < -0.4 is 4.74 Å². The number of carbonyl (C=O) groups is 1. The minimum absolute atomic E-state index is 0.140. The molecule has 0 fully saturated rings. The molecule has 0 radical (unpaired) electrons. The largest absolute Gasteiger partial charge is 0.496 e. The summed E-state index contributed by atoms with van der Waals surface area (Å²) in [6.07, 6.45) is 2.17. The normalized spacial score (nSPS) is 16.3. The molecule has 3 aromatic rings. The zero-order valence-electron chi connectivity index (χ0n) is 14.3. The maximum Gasteiger partial charge on any atom is 0.277 e. The van der Waals surface area contributed by atoms with E-state index in [9.17, 15) is 4.79 Å². The summed E-state index contributed by atoms with van der Waals surface area (Å²) >= 11 is 1.36. The van der Waals surface area contributed by atoms with E-state index in [1.54, 1.807) is 7.11 Å². The van der Waals surface area contributed by atoms with E-state index in [1.165, 1.54) is 11.8 Å². The van der Waals surface area contributed by atoms with Crippen LogP contribution in [0.15, 0.2) is 58.2 Å². The number of methoxy groups -OCH3 is 1. The molecule has 0 bridgehead atoms. The third-order valence-electron chi connectivity index (χ3n) is 4.48. The van der Waals surface area contributed by atoms with Gasteiger partial charge in [-0.3, -0.25) is 4.79 Å². The van der Waals surface area contributed by atoms with Crippen LogP contribution in [0.5, 0.6) is 5.75 Å². The number of ketones is 1. The van der Waals surface area contributed by atoms with Crippen LogP contribution in [0.25, 0.3) is 0 Å². The Morgan fingerprint density at radius 3 is 2.85 bits per heavy atom. The van der Waals surface area contributed by atoms with Crippen LogP contribution in [0.3, 0.4) is 0 Å². The second-order valence-corrected chi connectivity index (χ2v) is 7.27. The van der Waals surface area contributed by atoms with Crippen molar-refractivity contribution in [2.45, 2.75) is 29.7 Å². The Morgan fingerprint density at radius 1 is 1.15 bits per heavy atom. The topological polar surface area (TPSA) is 65.2 Å². The van der Waals surface area contributed by atoms with Gasteiger partial charge in [-0.25, -0.2) is 0 Å².